The van der Waals surface area contributed by atoms with Gasteiger partial charge in [0.2, 0.25) is 0 Å². The second-order valence-corrected chi connectivity index (χ2v) is 3.90. The molecule has 2 N–H and O–H groups in total. The van der Waals surface area contributed by atoms with Gasteiger partial charge in [0, 0.05) is 12.3 Å². The molecule has 0 atom stereocenters. The quantitative estimate of drug-likeness (QED) is 0.674. The molecular weight excluding hydrogens is 247 g/mol. The topological polar surface area (TPSA) is 84.6 Å². The Labute approximate surface area is 110 Å². The van der Waals surface area contributed by atoms with E-state index in [0.717, 1.165) is 0 Å². The number of rotatable bonds is 5. The van der Waals surface area contributed by atoms with Gasteiger partial charge in [-0.3, -0.25) is 9.36 Å². The summed E-state index contributed by atoms with van der Waals surface area (Å²) in [5.41, 5.74) is 0.271. The number of nitrogens with zero attached hydrogens (tertiary/aromatic N) is 2. The maximum Gasteiger partial charge on any atom is 0.488 e. The molecule has 0 saturated carbocycles. The number of hydrogen-bond donors (Lipinski definition) is 2. The summed E-state index contributed by atoms with van der Waals surface area (Å²) in [6.07, 6.45) is 2.90. The average molecular weight is 260 g/mol. The van der Waals surface area contributed by atoms with Gasteiger partial charge in [0.1, 0.15) is 12.4 Å². The van der Waals surface area contributed by atoms with Crippen LogP contribution in [0.3, 0.4) is 0 Å². The number of aromatic nitrogens is 2. The zero-order valence-corrected chi connectivity index (χ0v) is 10.1. The van der Waals surface area contributed by atoms with Crippen LogP contribution in [0.2, 0.25) is 0 Å². The minimum atomic E-state index is -1.48. The molecule has 0 bridgehead atoms. The fraction of sp³-hybridized carbons (Fsp3) is 0.167. The van der Waals surface area contributed by atoms with E-state index in [1.54, 1.807) is 24.3 Å². The maximum atomic E-state index is 11.4. The largest absolute Gasteiger partial charge is 0.492 e. The van der Waals surface area contributed by atoms with E-state index in [1.807, 2.05) is 0 Å². The molecule has 0 fully saturated rings. The molecule has 0 aliphatic carbocycles. The van der Waals surface area contributed by atoms with Gasteiger partial charge in [0.05, 0.1) is 12.9 Å². The smallest absolute Gasteiger partial charge is 0.488 e. The standard InChI is InChI=1S/C12H13BN2O4/c16-12-5-6-14-9-15(12)7-8-19-11-3-1-10(2-4-11)13(17)18/h1-6,9,17-18H,7-8H2. The summed E-state index contributed by atoms with van der Waals surface area (Å²) in [7, 11) is -1.48. The summed E-state index contributed by atoms with van der Waals surface area (Å²) in [5, 5.41) is 17.9. The molecular formula is C12H13BN2O4. The molecule has 0 aliphatic heterocycles. The van der Waals surface area contributed by atoms with Crippen LogP contribution in [0.5, 0.6) is 5.75 Å². The molecule has 0 amide bonds. The first-order valence-electron chi connectivity index (χ1n) is 5.76. The Morgan fingerprint density at radius 1 is 1.21 bits per heavy atom. The average Bonchev–Trinajstić information content (AvgIpc) is 2.41. The number of hydrogen-bond acceptors (Lipinski definition) is 5. The molecule has 0 saturated heterocycles. The van der Waals surface area contributed by atoms with E-state index in [1.165, 1.54) is 23.2 Å². The Balaban J connectivity index is 1.89. The van der Waals surface area contributed by atoms with Crippen LogP contribution in [0.25, 0.3) is 0 Å². The van der Waals surface area contributed by atoms with Crippen molar-refractivity contribution in [1.29, 1.82) is 0 Å². The fourth-order valence-electron chi connectivity index (χ4n) is 1.54. The van der Waals surface area contributed by atoms with Crippen molar-refractivity contribution in [3.8, 4) is 5.75 Å². The van der Waals surface area contributed by atoms with Crippen molar-refractivity contribution < 1.29 is 14.8 Å². The maximum absolute atomic E-state index is 11.4. The van der Waals surface area contributed by atoms with Gasteiger partial charge in [-0.25, -0.2) is 4.98 Å². The van der Waals surface area contributed by atoms with Gasteiger partial charge in [-0.05, 0) is 17.6 Å². The van der Waals surface area contributed by atoms with Crippen LogP contribution in [-0.2, 0) is 6.54 Å². The third kappa shape index (κ3) is 3.67. The molecule has 1 aromatic heterocycles. The molecule has 98 valence electrons. The lowest BCUT2D eigenvalue weighted by Gasteiger charge is -2.08. The summed E-state index contributed by atoms with van der Waals surface area (Å²) in [6, 6.07) is 7.80. The highest BCUT2D eigenvalue weighted by Crippen LogP contribution is 2.07. The molecule has 2 rings (SSSR count). The Hall–Kier alpha value is -2.12. The van der Waals surface area contributed by atoms with Crippen LogP contribution < -0.4 is 15.8 Å². The highest BCUT2D eigenvalue weighted by Gasteiger charge is 2.09. The zero-order chi connectivity index (χ0) is 13.7. The number of benzene rings is 1. The predicted molar refractivity (Wildman–Crippen MR) is 70.3 cm³/mol. The molecule has 7 heteroatoms. The van der Waals surface area contributed by atoms with E-state index in [9.17, 15) is 4.79 Å². The van der Waals surface area contributed by atoms with Gasteiger partial charge >= 0.3 is 7.12 Å². The van der Waals surface area contributed by atoms with E-state index in [2.05, 4.69) is 4.98 Å². The lowest BCUT2D eigenvalue weighted by molar-refractivity contribution is 0.295. The van der Waals surface area contributed by atoms with E-state index in [-0.39, 0.29) is 5.56 Å². The van der Waals surface area contributed by atoms with Crippen molar-refractivity contribution in [3.63, 3.8) is 0 Å². The summed E-state index contributed by atoms with van der Waals surface area (Å²) >= 11 is 0. The van der Waals surface area contributed by atoms with Gasteiger partial charge in [-0.2, -0.15) is 0 Å². The van der Waals surface area contributed by atoms with E-state index >= 15 is 0 Å². The normalized spacial score (nSPS) is 10.2. The van der Waals surface area contributed by atoms with Crippen molar-refractivity contribution in [2.75, 3.05) is 6.61 Å². The highest BCUT2D eigenvalue weighted by molar-refractivity contribution is 6.58. The van der Waals surface area contributed by atoms with E-state index in [0.29, 0.717) is 24.4 Å². The number of ether oxygens (including phenoxy) is 1. The minimum absolute atomic E-state index is 0.127. The van der Waals surface area contributed by atoms with Crippen molar-refractivity contribution >= 4 is 12.6 Å². The van der Waals surface area contributed by atoms with Crippen LogP contribution in [-0.4, -0.2) is 33.3 Å². The molecule has 0 aliphatic rings. The summed E-state index contributed by atoms with van der Waals surface area (Å²) in [4.78, 5) is 15.2. The SMILES string of the molecule is O=c1ccncn1CCOc1ccc(B(O)O)cc1. The van der Waals surface area contributed by atoms with Gasteiger partial charge in [0.25, 0.3) is 5.56 Å². The van der Waals surface area contributed by atoms with Crippen LogP contribution in [0.1, 0.15) is 0 Å². The van der Waals surface area contributed by atoms with Gasteiger partial charge in [-0.1, -0.05) is 12.1 Å². The van der Waals surface area contributed by atoms with Crippen LogP contribution in [0, 0.1) is 0 Å². The lowest BCUT2D eigenvalue weighted by atomic mass is 9.80. The summed E-state index contributed by atoms with van der Waals surface area (Å²) < 4.78 is 6.90. The van der Waals surface area contributed by atoms with Crippen LogP contribution in [0.4, 0.5) is 0 Å². The van der Waals surface area contributed by atoms with Crippen LogP contribution in [0.15, 0.2) is 47.7 Å². The van der Waals surface area contributed by atoms with Crippen molar-refractivity contribution in [2.24, 2.45) is 0 Å². The summed E-state index contributed by atoms with van der Waals surface area (Å²) in [6.45, 7) is 0.726. The first-order chi connectivity index (χ1) is 9.16. The van der Waals surface area contributed by atoms with Gasteiger partial charge < -0.3 is 14.8 Å². The fourth-order valence-corrected chi connectivity index (χ4v) is 1.54. The molecule has 6 nitrogen and oxygen atoms in total. The molecule has 19 heavy (non-hydrogen) atoms. The first-order valence-corrected chi connectivity index (χ1v) is 5.76. The second-order valence-electron chi connectivity index (χ2n) is 3.90. The second kappa shape index (κ2) is 6.17. The Morgan fingerprint density at radius 2 is 1.95 bits per heavy atom. The Bertz CT molecular complexity index is 583. The third-order valence-corrected chi connectivity index (χ3v) is 2.57. The van der Waals surface area contributed by atoms with Gasteiger partial charge in [0.15, 0.2) is 0 Å². The van der Waals surface area contributed by atoms with E-state index in [4.69, 9.17) is 14.8 Å². The Morgan fingerprint density at radius 3 is 2.58 bits per heavy atom. The van der Waals surface area contributed by atoms with Crippen LogP contribution >= 0.6 is 0 Å². The first kappa shape index (κ1) is 13.3. The minimum Gasteiger partial charge on any atom is -0.492 e. The van der Waals surface area contributed by atoms with E-state index < -0.39 is 7.12 Å². The molecule has 0 radical (unpaired) electrons. The molecule has 0 unspecified atom stereocenters. The van der Waals surface area contributed by atoms with Gasteiger partial charge in [-0.15, -0.1) is 0 Å². The molecule has 2 aromatic rings. The predicted octanol–water partition coefficient (Wildman–Crippen LogP) is -0.998. The summed E-state index contributed by atoms with van der Waals surface area (Å²) in [5.74, 6) is 0.598. The van der Waals surface area contributed by atoms with Crippen molar-refractivity contribution in [3.05, 3.63) is 53.2 Å². The zero-order valence-electron chi connectivity index (χ0n) is 10.1. The van der Waals surface area contributed by atoms with Crippen molar-refractivity contribution in [2.45, 2.75) is 6.54 Å². The highest BCUT2D eigenvalue weighted by atomic mass is 16.5. The van der Waals surface area contributed by atoms with Crippen molar-refractivity contribution in [1.82, 2.24) is 9.55 Å². The Kier molecular flexibility index (Phi) is 4.32. The third-order valence-electron chi connectivity index (χ3n) is 2.57. The molecule has 1 aromatic carbocycles. The molecule has 0 spiro atoms. The molecule has 1 heterocycles. The monoisotopic (exact) mass is 260 g/mol. The lowest BCUT2D eigenvalue weighted by Crippen LogP contribution is -2.29.